The van der Waals surface area contributed by atoms with Crippen molar-refractivity contribution in [2.45, 2.75) is 65.7 Å². The minimum absolute atomic E-state index is 0.346. The molecule has 1 amide bonds. The Bertz CT molecular complexity index is 320. The predicted molar refractivity (Wildman–Crippen MR) is 72.1 cm³/mol. The normalized spacial score (nSPS) is 14.4. The molecule has 2 N–H and O–H groups in total. The van der Waals surface area contributed by atoms with Gasteiger partial charge in [0.05, 0.1) is 6.04 Å². The van der Waals surface area contributed by atoms with Crippen LogP contribution in [-0.4, -0.2) is 28.9 Å². The molecule has 0 aromatic rings. The molecule has 0 saturated heterocycles. The van der Waals surface area contributed by atoms with Gasteiger partial charge in [0.25, 0.3) is 0 Å². The standard InChI is InChI=1S/C14H25NO3/c1-7-8-12(16)11(9-10(2)3)15-13(17)18-14(4,5)6/h10-12,16H,9H2,1-6H3,(H,15,17). The molecule has 0 aromatic heterocycles. The number of rotatable bonds is 4. The second-order valence-electron chi connectivity index (χ2n) is 5.72. The quantitative estimate of drug-likeness (QED) is 0.758. The summed E-state index contributed by atoms with van der Waals surface area (Å²) in [4.78, 5) is 11.7. The van der Waals surface area contributed by atoms with Crippen LogP contribution in [0.5, 0.6) is 0 Å². The average Bonchev–Trinajstić information content (AvgIpc) is 2.13. The van der Waals surface area contributed by atoms with Gasteiger partial charge in [-0.3, -0.25) is 0 Å². The van der Waals surface area contributed by atoms with Gasteiger partial charge < -0.3 is 15.2 Å². The maximum Gasteiger partial charge on any atom is 0.407 e. The van der Waals surface area contributed by atoms with E-state index in [1.165, 1.54) is 0 Å². The second-order valence-corrected chi connectivity index (χ2v) is 5.72. The van der Waals surface area contributed by atoms with Gasteiger partial charge in [-0.1, -0.05) is 19.8 Å². The van der Waals surface area contributed by atoms with Crippen molar-refractivity contribution < 1.29 is 14.6 Å². The summed E-state index contributed by atoms with van der Waals surface area (Å²) in [6.45, 7) is 11.1. The molecule has 0 rings (SSSR count). The van der Waals surface area contributed by atoms with Gasteiger partial charge >= 0.3 is 6.09 Å². The minimum atomic E-state index is -0.870. The van der Waals surface area contributed by atoms with E-state index >= 15 is 0 Å². The van der Waals surface area contributed by atoms with E-state index in [-0.39, 0.29) is 0 Å². The van der Waals surface area contributed by atoms with Crippen LogP contribution in [0.4, 0.5) is 4.79 Å². The van der Waals surface area contributed by atoms with Gasteiger partial charge in [-0.15, -0.1) is 5.92 Å². The molecule has 2 unspecified atom stereocenters. The van der Waals surface area contributed by atoms with E-state index in [1.807, 2.05) is 13.8 Å². The summed E-state index contributed by atoms with van der Waals surface area (Å²) in [5.74, 6) is 5.65. The molecule has 0 spiro atoms. The lowest BCUT2D eigenvalue weighted by Crippen LogP contribution is -2.45. The average molecular weight is 255 g/mol. The summed E-state index contributed by atoms with van der Waals surface area (Å²) in [6, 6.07) is -0.410. The molecule has 0 aliphatic rings. The molecule has 2 atom stereocenters. The first-order chi connectivity index (χ1) is 8.15. The van der Waals surface area contributed by atoms with Crippen LogP contribution in [0.3, 0.4) is 0 Å². The molecule has 0 bridgehead atoms. The van der Waals surface area contributed by atoms with Gasteiger partial charge in [0, 0.05) is 0 Å². The fraction of sp³-hybridized carbons (Fsp3) is 0.786. The number of hydrogen-bond donors (Lipinski definition) is 2. The summed E-state index contributed by atoms with van der Waals surface area (Å²) in [5.41, 5.74) is -0.548. The highest BCUT2D eigenvalue weighted by Crippen LogP contribution is 2.11. The topological polar surface area (TPSA) is 58.6 Å². The molecular formula is C14H25NO3. The lowest BCUT2D eigenvalue weighted by molar-refractivity contribution is 0.0447. The van der Waals surface area contributed by atoms with E-state index in [4.69, 9.17) is 4.74 Å². The van der Waals surface area contributed by atoms with Crippen LogP contribution in [0.1, 0.15) is 48.0 Å². The van der Waals surface area contributed by atoms with Gasteiger partial charge in [0.15, 0.2) is 0 Å². The lowest BCUT2D eigenvalue weighted by Gasteiger charge is -2.25. The molecule has 0 saturated carbocycles. The fourth-order valence-corrected chi connectivity index (χ4v) is 1.48. The number of carbonyl (C=O) groups excluding carboxylic acids is 1. The van der Waals surface area contributed by atoms with E-state index in [0.29, 0.717) is 12.3 Å². The third-order valence-corrected chi connectivity index (χ3v) is 2.10. The first kappa shape index (κ1) is 16.8. The maximum atomic E-state index is 11.7. The monoisotopic (exact) mass is 255 g/mol. The van der Waals surface area contributed by atoms with E-state index in [2.05, 4.69) is 17.2 Å². The smallest absolute Gasteiger partial charge is 0.407 e. The van der Waals surface area contributed by atoms with Crippen molar-refractivity contribution in [2.75, 3.05) is 0 Å². The zero-order valence-corrected chi connectivity index (χ0v) is 12.2. The van der Waals surface area contributed by atoms with Crippen LogP contribution in [0.2, 0.25) is 0 Å². The molecule has 0 aromatic carbocycles. The summed E-state index contributed by atoms with van der Waals surface area (Å²) >= 11 is 0. The summed E-state index contributed by atoms with van der Waals surface area (Å²) < 4.78 is 5.17. The third-order valence-electron chi connectivity index (χ3n) is 2.10. The Morgan fingerprint density at radius 3 is 2.33 bits per heavy atom. The molecule has 0 aliphatic carbocycles. The number of ether oxygens (including phenoxy) is 1. The maximum absolute atomic E-state index is 11.7. The van der Waals surface area contributed by atoms with Crippen molar-refractivity contribution in [3.05, 3.63) is 0 Å². The number of alkyl carbamates (subject to hydrolysis) is 1. The van der Waals surface area contributed by atoms with Crippen molar-refractivity contribution in [2.24, 2.45) is 5.92 Å². The van der Waals surface area contributed by atoms with Crippen LogP contribution >= 0.6 is 0 Å². The SMILES string of the molecule is CC#CC(O)C(CC(C)C)NC(=O)OC(C)(C)C. The van der Waals surface area contributed by atoms with Gasteiger partial charge in [-0.05, 0) is 40.0 Å². The number of hydrogen-bond acceptors (Lipinski definition) is 3. The van der Waals surface area contributed by atoms with Crippen LogP contribution in [-0.2, 0) is 4.74 Å². The molecule has 18 heavy (non-hydrogen) atoms. The zero-order chi connectivity index (χ0) is 14.3. The minimum Gasteiger partial charge on any atom is -0.444 e. The summed E-state index contributed by atoms with van der Waals surface area (Å²) in [6.07, 6.45) is -0.746. The first-order valence-electron chi connectivity index (χ1n) is 6.25. The van der Waals surface area contributed by atoms with Crippen molar-refractivity contribution in [3.63, 3.8) is 0 Å². The largest absolute Gasteiger partial charge is 0.444 e. The van der Waals surface area contributed by atoms with Crippen molar-refractivity contribution in [3.8, 4) is 11.8 Å². The molecule has 0 heterocycles. The Hall–Kier alpha value is -1.21. The Balaban J connectivity index is 4.57. The van der Waals surface area contributed by atoms with Gasteiger partial charge in [0.2, 0.25) is 0 Å². The number of aliphatic hydroxyl groups excluding tert-OH is 1. The van der Waals surface area contributed by atoms with Crippen LogP contribution in [0.15, 0.2) is 0 Å². The van der Waals surface area contributed by atoms with E-state index in [9.17, 15) is 9.90 Å². The Morgan fingerprint density at radius 1 is 1.39 bits per heavy atom. The molecule has 0 fully saturated rings. The Labute approximate surface area is 110 Å². The Morgan fingerprint density at radius 2 is 1.94 bits per heavy atom. The molecular weight excluding hydrogens is 230 g/mol. The fourth-order valence-electron chi connectivity index (χ4n) is 1.48. The highest BCUT2D eigenvalue weighted by molar-refractivity contribution is 5.68. The molecule has 4 heteroatoms. The summed E-state index contributed by atoms with van der Waals surface area (Å²) in [7, 11) is 0. The molecule has 0 radical (unpaired) electrons. The van der Waals surface area contributed by atoms with Crippen molar-refractivity contribution >= 4 is 6.09 Å². The predicted octanol–water partition coefficient (Wildman–Crippen LogP) is 2.31. The van der Waals surface area contributed by atoms with Gasteiger partial charge in [-0.2, -0.15) is 0 Å². The van der Waals surface area contributed by atoms with Crippen molar-refractivity contribution in [1.82, 2.24) is 5.32 Å². The molecule has 0 aliphatic heterocycles. The summed E-state index contributed by atoms with van der Waals surface area (Å²) in [5, 5.41) is 12.5. The van der Waals surface area contributed by atoms with Gasteiger partial charge in [0.1, 0.15) is 11.7 Å². The Kier molecular flexibility index (Phi) is 6.79. The van der Waals surface area contributed by atoms with Gasteiger partial charge in [-0.25, -0.2) is 4.79 Å². The van der Waals surface area contributed by atoms with Crippen LogP contribution in [0, 0.1) is 17.8 Å². The van der Waals surface area contributed by atoms with Crippen molar-refractivity contribution in [1.29, 1.82) is 0 Å². The van der Waals surface area contributed by atoms with E-state index in [0.717, 1.165) is 0 Å². The number of nitrogens with one attached hydrogen (secondary N) is 1. The zero-order valence-electron chi connectivity index (χ0n) is 12.2. The molecule has 104 valence electrons. The second kappa shape index (κ2) is 7.27. The highest BCUT2D eigenvalue weighted by Gasteiger charge is 2.24. The van der Waals surface area contributed by atoms with E-state index in [1.54, 1.807) is 27.7 Å². The third kappa shape index (κ3) is 7.97. The number of aliphatic hydroxyl groups is 1. The molecule has 4 nitrogen and oxygen atoms in total. The highest BCUT2D eigenvalue weighted by atomic mass is 16.6. The van der Waals surface area contributed by atoms with Crippen LogP contribution in [0.25, 0.3) is 0 Å². The first-order valence-corrected chi connectivity index (χ1v) is 6.25. The van der Waals surface area contributed by atoms with Crippen LogP contribution < -0.4 is 5.32 Å². The van der Waals surface area contributed by atoms with E-state index < -0.39 is 23.8 Å². The number of amides is 1. The lowest BCUT2D eigenvalue weighted by atomic mass is 9.99. The number of carbonyl (C=O) groups is 1.